The molecule has 1 heterocycles. The van der Waals surface area contributed by atoms with Crippen molar-refractivity contribution in [2.75, 3.05) is 11.5 Å². The number of fused-ring (bicyclic) bond motifs is 1. The van der Waals surface area contributed by atoms with E-state index in [1.807, 2.05) is 6.34 Å². The third-order valence-electron chi connectivity index (χ3n) is 4.95. The fraction of sp³-hybridized carbons (Fsp3) is 0.292. The van der Waals surface area contributed by atoms with Crippen LogP contribution in [0.2, 0.25) is 0 Å². The van der Waals surface area contributed by atoms with Crippen molar-refractivity contribution in [2.45, 2.75) is 32.9 Å². The molecule has 0 saturated carbocycles. The number of alkyl halides is 1. The van der Waals surface area contributed by atoms with Gasteiger partial charge in [-0.1, -0.05) is 79.4 Å². The summed E-state index contributed by atoms with van der Waals surface area (Å²) >= 11 is 0.178. The largest absolute Gasteiger partial charge is 0.353 e. The standard InChI is InChI=1S/C24H28I2N2/c1-18(9-10-19(2)24(25-3)26-4)13-23-15-27-17-28(23)16-20-11-12-21-7-5-6-8-22(21)14-20/h5-12,14,17,23H,3,13,15-16H2,1-2,4H3/b18-9+,19-10+. The summed E-state index contributed by atoms with van der Waals surface area (Å²) in [6, 6.07) is 15.8. The second kappa shape index (κ2) is 10.6. The summed E-state index contributed by atoms with van der Waals surface area (Å²) in [4.78, 5) is 9.30. The molecule has 2 aromatic carbocycles. The second-order valence-electron chi connectivity index (χ2n) is 7.14. The summed E-state index contributed by atoms with van der Waals surface area (Å²) in [5, 5.41) is 2.61. The molecule has 1 unspecified atom stereocenters. The number of hydrogen-bond donors (Lipinski definition) is 0. The summed E-state index contributed by atoms with van der Waals surface area (Å²) in [7, 11) is 0. The zero-order valence-electron chi connectivity index (χ0n) is 16.8. The number of halogens is 2. The Morgan fingerprint density at radius 3 is 2.71 bits per heavy atom. The zero-order chi connectivity index (χ0) is 19.9. The first-order chi connectivity index (χ1) is 13.6. The number of aliphatic imine (C=N–C) groups is 1. The predicted octanol–water partition coefficient (Wildman–Crippen LogP) is 6.47. The summed E-state index contributed by atoms with van der Waals surface area (Å²) in [5.41, 5.74) is 4.22. The highest BCUT2D eigenvalue weighted by molar-refractivity contribution is 14.3. The lowest BCUT2D eigenvalue weighted by Gasteiger charge is -2.24. The smallest absolute Gasteiger partial charge is 0.0857 e. The van der Waals surface area contributed by atoms with Crippen LogP contribution in [0.25, 0.3) is 10.8 Å². The Bertz CT molecular complexity index is 969. The van der Waals surface area contributed by atoms with E-state index < -0.39 is 0 Å². The van der Waals surface area contributed by atoms with Crippen LogP contribution in [0.4, 0.5) is 0 Å². The summed E-state index contributed by atoms with van der Waals surface area (Å²) in [5.74, 6) is 0. The van der Waals surface area contributed by atoms with Crippen molar-refractivity contribution in [3.05, 3.63) is 71.3 Å². The predicted molar refractivity (Wildman–Crippen MR) is 145 cm³/mol. The molecule has 0 aromatic heterocycles. The van der Waals surface area contributed by atoms with E-state index in [4.69, 9.17) is 0 Å². The van der Waals surface area contributed by atoms with Gasteiger partial charge in [-0.05, 0) is 53.2 Å². The van der Waals surface area contributed by atoms with E-state index >= 15 is 0 Å². The molecule has 0 saturated heterocycles. The van der Waals surface area contributed by atoms with Gasteiger partial charge in [0.15, 0.2) is 0 Å². The minimum Gasteiger partial charge on any atom is -0.353 e. The van der Waals surface area contributed by atoms with E-state index in [2.05, 4.69) is 87.8 Å². The Labute approximate surface area is 188 Å². The molecule has 1 aliphatic heterocycles. The van der Waals surface area contributed by atoms with Gasteiger partial charge < -0.3 is 4.90 Å². The Balaban J connectivity index is 1.66. The molecule has 3 rings (SSSR count). The zero-order valence-corrected chi connectivity index (χ0v) is 21.1. The minimum absolute atomic E-state index is 0.00459. The fourth-order valence-corrected chi connectivity index (χ4v) is 7.48. The van der Waals surface area contributed by atoms with Crippen molar-refractivity contribution in [3.8, 4) is 0 Å². The van der Waals surface area contributed by atoms with Gasteiger partial charge >= 0.3 is 0 Å². The van der Waals surface area contributed by atoms with Crippen LogP contribution < -0.4 is 0 Å². The lowest BCUT2D eigenvalue weighted by Crippen LogP contribution is -2.31. The SMILES string of the molecule is C=IC(=IC)/C(C)=C/C=C(\C)CC1CN=CN1Cc1ccc2ccccc2c1. The van der Waals surface area contributed by atoms with Crippen molar-refractivity contribution in [1.29, 1.82) is 0 Å². The van der Waals surface area contributed by atoms with E-state index in [9.17, 15) is 0 Å². The molecule has 0 aliphatic carbocycles. The normalized spacial score (nSPS) is 18.6. The van der Waals surface area contributed by atoms with E-state index in [1.54, 1.807) is 1.52 Å². The number of nitrogens with zero attached hydrogens (tertiary/aromatic N) is 2. The average molecular weight is 598 g/mol. The van der Waals surface area contributed by atoms with Crippen molar-refractivity contribution < 1.29 is 0 Å². The van der Waals surface area contributed by atoms with E-state index in [1.165, 1.54) is 27.5 Å². The monoisotopic (exact) mass is 598 g/mol. The van der Waals surface area contributed by atoms with Gasteiger partial charge in [0.2, 0.25) is 0 Å². The van der Waals surface area contributed by atoms with Crippen LogP contribution in [0.15, 0.2) is 70.8 Å². The fourth-order valence-electron chi connectivity index (χ4n) is 3.45. The maximum Gasteiger partial charge on any atom is 0.0857 e. The van der Waals surface area contributed by atoms with Gasteiger partial charge in [-0.3, -0.25) is 4.99 Å². The Kier molecular flexibility index (Phi) is 8.14. The van der Waals surface area contributed by atoms with Crippen LogP contribution in [-0.2, 0) is 6.54 Å². The molecule has 0 fully saturated rings. The molecule has 0 bridgehead atoms. The molecule has 1 aliphatic rings. The van der Waals surface area contributed by atoms with Gasteiger partial charge in [-0.2, -0.15) is 0 Å². The van der Waals surface area contributed by atoms with E-state index in [-0.39, 0.29) is 41.5 Å². The first-order valence-electron chi connectivity index (χ1n) is 9.43. The Morgan fingerprint density at radius 2 is 1.96 bits per heavy atom. The van der Waals surface area contributed by atoms with Crippen molar-refractivity contribution >= 4 is 64.6 Å². The molecule has 4 heteroatoms. The molecule has 2 aromatic rings. The Hall–Kier alpha value is -1.15. The van der Waals surface area contributed by atoms with Gasteiger partial charge in [-0.15, -0.1) is 20.7 Å². The van der Waals surface area contributed by atoms with Crippen LogP contribution in [0, 0.1) is 0 Å². The van der Waals surface area contributed by atoms with Gasteiger partial charge in [0.05, 0.1) is 18.9 Å². The topological polar surface area (TPSA) is 15.6 Å². The highest BCUT2D eigenvalue weighted by Gasteiger charge is 2.20. The van der Waals surface area contributed by atoms with Crippen LogP contribution in [0.1, 0.15) is 25.8 Å². The average Bonchev–Trinajstić information content (AvgIpc) is 3.13. The maximum atomic E-state index is 4.56. The van der Waals surface area contributed by atoms with Crippen LogP contribution >= 0.6 is 41.5 Å². The molecule has 28 heavy (non-hydrogen) atoms. The first kappa shape index (κ1) is 21.6. The molecular formula is C24H28I2N2. The van der Waals surface area contributed by atoms with Crippen molar-refractivity contribution in [2.24, 2.45) is 4.99 Å². The van der Waals surface area contributed by atoms with Gasteiger partial charge in [-0.25, -0.2) is 0 Å². The summed E-state index contributed by atoms with van der Waals surface area (Å²) in [6.07, 6.45) is 7.71. The Morgan fingerprint density at radius 1 is 1.18 bits per heavy atom. The third kappa shape index (κ3) is 5.69. The van der Waals surface area contributed by atoms with Crippen LogP contribution in [0.5, 0.6) is 0 Å². The number of rotatable bonds is 7. The van der Waals surface area contributed by atoms with Gasteiger partial charge in [0.25, 0.3) is 0 Å². The van der Waals surface area contributed by atoms with Crippen molar-refractivity contribution in [3.63, 3.8) is 0 Å². The highest BCUT2D eigenvalue weighted by Crippen LogP contribution is 2.22. The first-order valence-corrected chi connectivity index (χ1v) is 15.3. The minimum atomic E-state index is -0.00459. The molecule has 0 radical (unpaired) electrons. The lowest BCUT2D eigenvalue weighted by molar-refractivity contribution is 0.341. The second-order valence-corrected chi connectivity index (χ2v) is 13.2. The quantitative estimate of drug-likeness (QED) is 0.203. The maximum absolute atomic E-state index is 4.56. The molecule has 1 atom stereocenters. The third-order valence-corrected chi connectivity index (χ3v) is 12.9. The van der Waals surface area contributed by atoms with Crippen LogP contribution in [-0.4, -0.2) is 34.8 Å². The lowest BCUT2D eigenvalue weighted by atomic mass is 10.0. The van der Waals surface area contributed by atoms with E-state index in [0.717, 1.165) is 19.5 Å². The summed E-state index contributed by atoms with van der Waals surface area (Å²) in [6.45, 7) is 6.31. The molecular weight excluding hydrogens is 570 g/mol. The summed E-state index contributed by atoms with van der Waals surface area (Å²) < 4.78 is 5.83. The number of benzene rings is 2. The van der Waals surface area contributed by atoms with Gasteiger partial charge in [0, 0.05) is 8.06 Å². The molecule has 0 amide bonds. The number of allylic oxidation sites excluding steroid dienone is 3. The molecule has 2 nitrogen and oxygen atoms in total. The van der Waals surface area contributed by atoms with Crippen molar-refractivity contribution in [1.82, 2.24) is 4.90 Å². The molecule has 0 spiro atoms. The van der Waals surface area contributed by atoms with E-state index in [0.29, 0.717) is 6.04 Å². The number of hydrogen-bond acceptors (Lipinski definition) is 2. The molecule has 148 valence electrons. The van der Waals surface area contributed by atoms with Crippen LogP contribution in [0.3, 0.4) is 0 Å². The highest BCUT2D eigenvalue weighted by atomic mass is 127. The van der Waals surface area contributed by atoms with Gasteiger partial charge in [0.1, 0.15) is 0 Å². The molecule has 0 N–H and O–H groups in total.